The Morgan fingerprint density at radius 3 is 2.74 bits per heavy atom. The van der Waals surface area contributed by atoms with E-state index in [2.05, 4.69) is 20.9 Å². The number of fused-ring (bicyclic) bond motifs is 1. The van der Waals surface area contributed by atoms with Crippen LogP contribution in [0.1, 0.15) is 19.7 Å². The summed E-state index contributed by atoms with van der Waals surface area (Å²) in [6, 6.07) is 2.86. The number of alkyl halides is 1. The maximum Gasteiger partial charge on any atom is 0.243 e. The molecule has 0 fully saturated rings. The lowest BCUT2D eigenvalue weighted by atomic mass is 10.0. The Kier molecular flexibility index (Phi) is 3.57. The van der Waals surface area contributed by atoms with Gasteiger partial charge in [-0.05, 0) is 35.8 Å². The SMILES string of the molecule is CC(C)(C(N)=O)n1c(CCl)nc2cc(Br)c(F)cc21. The Labute approximate surface area is 122 Å². The van der Waals surface area contributed by atoms with Crippen LogP contribution in [0.15, 0.2) is 16.6 Å². The smallest absolute Gasteiger partial charge is 0.243 e. The molecule has 7 heteroatoms. The van der Waals surface area contributed by atoms with Crippen LogP contribution in [0, 0.1) is 5.82 Å². The van der Waals surface area contributed by atoms with E-state index < -0.39 is 17.3 Å². The summed E-state index contributed by atoms with van der Waals surface area (Å²) in [5.41, 5.74) is 5.41. The summed E-state index contributed by atoms with van der Waals surface area (Å²) in [7, 11) is 0. The Bertz CT molecular complexity index is 669. The molecule has 0 bridgehead atoms. The van der Waals surface area contributed by atoms with Crippen LogP contribution in [0.2, 0.25) is 0 Å². The predicted octanol–water partition coefficient (Wildman–Crippen LogP) is 2.90. The van der Waals surface area contributed by atoms with Gasteiger partial charge in [0.2, 0.25) is 5.91 Å². The van der Waals surface area contributed by atoms with E-state index in [4.69, 9.17) is 17.3 Å². The largest absolute Gasteiger partial charge is 0.368 e. The van der Waals surface area contributed by atoms with Crippen LogP contribution in [-0.2, 0) is 16.2 Å². The molecule has 1 heterocycles. The molecule has 2 rings (SSSR count). The summed E-state index contributed by atoms with van der Waals surface area (Å²) >= 11 is 8.96. The van der Waals surface area contributed by atoms with Gasteiger partial charge in [0.15, 0.2) is 0 Å². The molecule has 19 heavy (non-hydrogen) atoms. The van der Waals surface area contributed by atoms with Crippen molar-refractivity contribution in [2.75, 3.05) is 0 Å². The second kappa shape index (κ2) is 4.76. The minimum absolute atomic E-state index is 0.102. The summed E-state index contributed by atoms with van der Waals surface area (Å²) in [4.78, 5) is 15.9. The van der Waals surface area contributed by atoms with Crippen molar-refractivity contribution in [3.8, 4) is 0 Å². The molecular weight excluding hydrogens is 337 g/mol. The van der Waals surface area contributed by atoms with E-state index in [1.807, 2.05) is 0 Å². The minimum Gasteiger partial charge on any atom is -0.368 e. The second-order valence-electron chi connectivity index (χ2n) is 4.68. The van der Waals surface area contributed by atoms with Crippen molar-refractivity contribution in [2.24, 2.45) is 5.73 Å². The third-order valence-corrected chi connectivity index (χ3v) is 3.89. The average Bonchev–Trinajstić information content (AvgIpc) is 2.67. The fraction of sp³-hybridized carbons (Fsp3) is 0.333. The van der Waals surface area contributed by atoms with E-state index in [1.54, 1.807) is 24.5 Å². The van der Waals surface area contributed by atoms with Crippen LogP contribution in [0.5, 0.6) is 0 Å². The van der Waals surface area contributed by atoms with Gasteiger partial charge in [-0.2, -0.15) is 0 Å². The number of amides is 1. The van der Waals surface area contributed by atoms with Gasteiger partial charge < -0.3 is 10.3 Å². The van der Waals surface area contributed by atoms with Crippen molar-refractivity contribution in [1.82, 2.24) is 9.55 Å². The molecule has 4 nitrogen and oxygen atoms in total. The second-order valence-corrected chi connectivity index (χ2v) is 5.80. The highest BCUT2D eigenvalue weighted by Crippen LogP contribution is 2.29. The number of carbonyl (C=O) groups excluding carboxylic acids is 1. The standard InChI is InChI=1S/C12H12BrClFN3O/c1-12(2,11(16)19)18-9-4-7(15)6(13)3-8(9)17-10(18)5-14/h3-4H,5H2,1-2H3,(H2,16,19). The number of halogens is 3. The highest BCUT2D eigenvalue weighted by Gasteiger charge is 2.31. The van der Waals surface area contributed by atoms with Gasteiger partial charge >= 0.3 is 0 Å². The fourth-order valence-electron chi connectivity index (χ4n) is 1.95. The lowest BCUT2D eigenvalue weighted by Gasteiger charge is -2.25. The summed E-state index contributed by atoms with van der Waals surface area (Å²) < 4.78 is 15.6. The van der Waals surface area contributed by atoms with Gasteiger partial charge in [-0.25, -0.2) is 9.37 Å². The van der Waals surface area contributed by atoms with Crippen molar-refractivity contribution < 1.29 is 9.18 Å². The van der Waals surface area contributed by atoms with Gasteiger partial charge in [-0.3, -0.25) is 4.79 Å². The average molecular weight is 349 g/mol. The molecule has 0 saturated carbocycles. The van der Waals surface area contributed by atoms with E-state index in [1.165, 1.54) is 6.07 Å². The van der Waals surface area contributed by atoms with E-state index in [0.29, 0.717) is 21.3 Å². The number of benzene rings is 1. The lowest BCUT2D eigenvalue weighted by molar-refractivity contribution is -0.125. The number of rotatable bonds is 3. The zero-order valence-corrected chi connectivity index (χ0v) is 12.7. The van der Waals surface area contributed by atoms with Gasteiger partial charge in [0.25, 0.3) is 0 Å². The molecule has 0 aliphatic heterocycles. The van der Waals surface area contributed by atoms with Crippen LogP contribution in [-0.4, -0.2) is 15.5 Å². The molecular formula is C12H12BrClFN3O. The number of carbonyl (C=O) groups is 1. The number of nitrogens with two attached hydrogens (primary N) is 1. The maximum atomic E-state index is 13.7. The van der Waals surface area contributed by atoms with Gasteiger partial charge in [0, 0.05) is 6.07 Å². The number of hydrogen-bond acceptors (Lipinski definition) is 2. The molecule has 1 amide bonds. The Morgan fingerprint density at radius 2 is 2.21 bits per heavy atom. The van der Waals surface area contributed by atoms with Crippen molar-refractivity contribution in [3.05, 3.63) is 28.2 Å². The molecule has 0 aliphatic carbocycles. The van der Waals surface area contributed by atoms with Crippen LogP contribution in [0.4, 0.5) is 4.39 Å². The zero-order chi connectivity index (χ0) is 14.4. The topological polar surface area (TPSA) is 60.9 Å². The first-order valence-electron chi connectivity index (χ1n) is 5.51. The highest BCUT2D eigenvalue weighted by molar-refractivity contribution is 9.10. The zero-order valence-electron chi connectivity index (χ0n) is 10.4. The Morgan fingerprint density at radius 1 is 1.58 bits per heavy atom. The molecule has 0 aliphatic rings. The summed E-state index contributed by atoms with van der Waals surface area (Å²) in [5.74, 6) is -0.403. The molecule has 1 aromatic heterocycles. The first kappa shape index (κ1) is 14.3. The van der Waals surface area contributed by atoms with Crippen molar-refractivity contribution in [3.63, 3.8) is 0 Å². The molecule has 0 spiro atoms. The number of nitrogens with zero attached hydrogens (tertiary/aromatic N) is 2. The van der Waals surface area contributed by atoms with Gasteiger partial charge in [-0.15, -0.1) is 11.6 Å². The number of primary amides is 1. The molecule has 2 aromatic rings. The van der Waals surface area contributed by atoms with Crippen LogP contribution in [0.25, 0.3) is 11.0 Å². The van der Waals surface area contributed by atoms with Crippen LogP contribution >= 0.6 is 27.5 Å². The van der Waals surface area contributed by atoms with Crippen molar-refractivity contribution >= 4 is 44.5 Å². The minimum atomic E-state index is -1.04. The number of hydrogen-bond donors (Lipinski definition) is 1. The molecule has 1 aromatic carbocycles. The van der Waals surface area contributed by atoms with E-state index in [0.717, 1.165) is 0 Å². The summed E-state index contributed by atoms with van der Waals surface area (Å²) in [6.45, 7) is 3.29. The van der Waals surface area contributed by atoms with E-state index in [9.17, 15) is 9.18 Å². The van der Waals surface area contributed by atoms with Crippen molar-refractivity contribution in [2.45, 2.75) is 25.3 Å². The molecule has 2 N–H and O–H groups in total. The molecule has 0 atom stereocenters. The number of aromatic nitrogens is 2. The van der Waals surface area contributed by atoms with Crippen LogP contribution in [0.3, 0.4) is 0 Å². The molecule has 0 unspecified atom stereocenters. The molecule has 0 radical (unpaired) electrons. The van der Waals surface area contributed by atoms with Gasteiger partial charge in [-0.1, -0.05) is 0 Å². The van der Waals surface area contributed by atoms with E-state index >= 15 is 0 Å². The summed E-state index contributed by atoms with van der Waals surface area (Å²) in [5, 5.41) is 0. The fourth-order valence-corrected chi connectivity index (χ4v) is 2.46. The Hall–Kier alpha value is -1.14. The number of imidazole rings is 1. The predicted molar refractivity (Wildman–Crippen MR) is 75.5 cm³/mol. The summed E-state index contributed by atoms with van der Waals surface area (Å²) in [6.07, 6.45) is 0. The normalized spacial score (nSPS) is 12.1. The van der Waals surface area contributed by atoms with Gasteiger partial charge in [0.05, 0.1) is 21.4 Å². The Balaban J connectivity index is 2.85. The van der Waals surface area contributed by atoms with Gasteiger partial charge in [0.1, 0.15) is 17.2 Å². The monoisotopic (exact) mass is 347 g/mol. The first-order valence-corrected chi connectivity index (χ1v) is 6.84. The third kappa shape index (κ3) is 2.23. The molecule has 102 valence electrons. The maximum absolute atomic E-state index is 13.7. The lowest BCUT2D eigenvalue weighted by Crippen LogP contribution is -2.41. The highest BCUT2D eigenvalue weighted by atomic mass is 79.9. The van der Waals surface area contributed by atoms with Crippen molar-refractivity contribution in [1.29, 1.82) is 0 Å². The van der Waals surface area contributed by atoms with Crippen LogP contribution < -0.4 is 5.73 Å². The quantitative estimate of drug-likeness (QED) is 0.867. The third-order valence-electron chi connectivity index (χ3n) is 3.05. The molecule has 0 saturated heterocycles. The van der Waals surface area contributed by atoms with E-state index in [-0.39, 0.29) is 5.88 Å². The first-order chi connectivity index (χ1) is 8.78.